The van der Waals surface area contributed by atoms with Crippen molar-refractivity contribution in [1.82, 2.24) is 0 Å². The predicted molar refractivity (Wildman–Crippen MR) is 45.8 cm³/mol. The van der Waals surface area contributed by atoms with Crippen molar-refractivity contribution in [3.05, 3.63) is 34.9 Å². The first kappa shape index (κ1) is 8.74. The molecule has 1 rings (SSSR count). The molecule has 0 saturated heterocycles. The van der Waals surface area contributed by atoms with Gasteiger partial charge in [-0.3, -0.25) is 4.79 Å². The summed E-state index contributed by atoms with van der Waals surface area (Å²) in [7, 11) is 0. The highest BCUT2D eigenvalue weighted by atomic mass is 35.5. The Morgan fingerprint density at radius 1 is 1.42 bits per heavy atom. The van der Waals surface area contributed by atoms with Gasteiger partial charge in [-0.2, -0.15) is 0 Å². The molecule has 0 fully saturated rings. The molecule has 1 N–H and O–H groups in total. The molecule has 0 unspecified atom stereocenters. The third-order valence-electron chi connectivity index (χ3n) is 1.36. The third kappa shape index (κ3) is 1.83. The van der Waals surface area contributed by atoms with Gasteiger partial charge in [0.2, 0.25) is 0 Å². The lowest BCUT2D eigenvalue weighted by atomic mass is 10.1. The van der Waals surface area contributed by atoms with Crippen molar-refractivity contribution in [3.63, 3.8) is 0 Å². The number of nitrogens with zero attached hydrogens (tertiary/aromatic N) is 1. The molecule has 0 bridgehead atoms. The van der Waals surface area contributed by atoms with Crippen LogP contribution in [0.25, 0.3) is 0 Å². The molecule has 0 aliphatic rings. The minimum Gasteiger partial charge on any atom is -0.410 e. The zero-order valence-electron chi connectivity index (χ0n) is 6.07. The Morgan fingerprint density at radius 2 is 2.00 bits per heavy atom. The van der Waals surface area contributed by atoms with Gasteiger partial charge in [0.25, 0.3) is 0 Å². The van der Waals surface area contributed by atoms with Crippen LogP contribution < -0.4 is 0 Å². The first-order valence-electron chi connectivity index (χ1n) is 3.21. The fourth-order valence-electron chi connectivity index (χ4n) is 0.770. The second-order valence-electron chi connectivity index (χ2n) is 2.11. The zero-order chi connectivity index (χ0) is 8.97. The highest BCUT2D eigenvalue weighted by Gasteiger charge is 2.00. The second kappa shape index (κ2) is 3.88. The number of hydrogen-bond donors (Lipinski definition) is 1. The molecular weight excluding hydrogens is 178 g/mol. The highest BCUT2D eigenvalue weighted by molar-refractivity contribution is 6.36. The van der Waals surface area contributed by atoms with E-state index < -0.39 is 0 Å². The average Bonchev–Trinajstić information content (AvgIpc) is 2.10. The SMILES string of the molecule is O=CC(=NO)c1ccc(Cl)cc1. The largest absolute Gasteiger partial charge is 0.410 e. The first-order valence-corrected chi connectivity index (χ1v) is 3.59. The molecule has 12 heavy (non-hydrogen) atoms. The number of halogens is 1. The lowest BCUT2D eigenvalue weighted by molar-refractivity contribution is -0.102. The van der Waals surface area contributed by atoms with Crippen molar-refractivity contribution in [3.8, 4) is 0 Å². The molecule has 0 aliphatic carbocycles. The van der Waals surface area contributed by atoms with Gasteiger partial charge < -0.3 is 5.21 Å². The van der Waals surface area contributed by atoms with Gasteiger partial charge in [0, 0.05) is 10.6 Å². The van der Waals surface area contributed by atoms with E-state index in [9.17, 15) is 4.79 Å². The van der Waals surface area contributed by atoms with Crippen molar-refractivity contribution in [2.75, 3.05) is 0 Å². The summed E-state index contributed by atoms with van der Waals surface area (Å²) in [6.07, 6.45) is 0.475. The van der Waals surface area contributed by atoms with Crippen LogP contribution in [0.3, 0.4) is 0 Å². The van der Waals surface area contributed by atoms with Crippen LogP contribution in [0.4, 0.5) is 0 Å². The Kier molecular flexibility index (Phi) is 2.82. The Labute approximate surface area is 74.3 Å². The summed E-state index contributed by atoms with van der Waals surface area (Å²) in [5.74, 6) is 0. The van der Waals surface area contributed by atoms with Gasteiger partial charge in [0.1, 0.15) is 5.71 Å². The molecule has 0 atom stereocenters. The van der Waals surface area contributed by atoms with Gasteiger partial charge in [-0.15, -0.1) is 0 Å². The maximum Gasteiger partial charge on any atom is 0.172 e. The maximum absolute atomic E-state index is 10.3. The van der Waals surface area contributed by atoms with E-state index in [0.717, 1.165) is 0 Å². The summed E-state index contributed by atoms with van der Waals surface area (Å²) in [5.41, 5.74) is 0.531. The van der Waals surface area contributed by atoms with Crippen LogP contribution in [0.1, 0.15) is 5.56 Å². The van der Waals surface area contributed by atoms with Gasteiger partial charge in [-0.25, -0.2) is 0 Å². The number of aldehydes is 1. The van der Waals surface area contributed by atoms with Crippen LogP contribution in [-0.4, -0.2) is 17.2 Å². The molecule has 0 spiro atoms. The van der Waals surface area contributed by atoms with E-state index in [2.05, 4.69) is 5.16 Å². The topological polar surface area (TPSA) is 49.7 Å². The molecule has 3 nitrogen and oxygen atoms in total. The Morgan fingerprint density at radius 3 is 2.42 bits per heavy atom. The quantitative estimate of drug-likeness (QED) is 0.329. The minimum atomic E-state index is -0.00772. The van der Waals surface area contributed by atoms with E-state index >= 15 is 0 Å². The lowest BCUT2D eigenvalue weighted by Gasteiger charge is -1.95. The molecule has 0 saturated carbocycles. The molecular formula is C8H6ClNO2. The standard InChI is InChI=1S/C8H6ClNO2/c9-7-3-1-6(2-4-7)8(5-11)10-12/h1-5,12H. The first-order chi connectivity index (χ1) is 5.77. The summed E-state index contributed by atoms with van der Waals surface area (Å²) in [6, 6.07) is 6.44. The van der Waals surface area contributed by atoms with Gasteiger partial charge in [0.15, 0.2) is 6.29 Å². The minimum absolute atomic E-state index is 0.00772. The zero-order valence-corrected chi connectivity index (χ0v) is 6.82. The number of benzene rings is 1. The number of rotatable bonds is 2. The molecule has 1 aromatic carbocycles. The summed E-state index contributed by atoms with van der Waals surface area (Å²) >= 11 is 5.61. The monoisotopic (exact) mass is 183 g/mol. The van der Waals surface area contributed by atoms with E-state index in [1.54, 1.807) is 24.3 Å². The van der Waals surface area contributed by atoms with Crippen LogP contribution in [0.5, 0.6) is 0 Å². The van der Waals surface area contributed by atoms with Gasteiger partial charge in [0.05, 0.1) is 0 Å². The fourth-order valence-corrected chi connectivity index (χ4v) is 0.896. The molecule has 0 radical (unpaired) electrons. The summed E-state index contributed by atoms with van der Waals surface area (Å²) < 4.78 is 0. The number of carbonyl (C=O) groups excluding carboxylic acids is 1. The lowest BCUT2D eigenvalue weighted by Crippen LogP contribution is -2.01. The van der Waals surface area contributed by atoms with Crippen LogP contribution in [-0.2, 0) is 4.79 Å². The number of hydrogen-bond acceptors (Lipinski definition) is 3. The highest BCUT2D eigenvalue weighted by Crippen LogP contribution is 2.09. The van der Waals surface area contributed by atoms with Crippen molar-refractivity contribution in [1.29, 1.82) is 0 Å². The molecule has 4 heteroatoms. The summed E-state index contributed by atoms with van der Waals surface area (Å²) in [4.78, 5) is 10.3. The van der Waals surface area contributed by atoms with Crippen molar-refractivity contribution >= 4 is 23.6 Å². The van der Waals surface area contributed by atoms with Gasteiger partial charge in [-0.05, 0) is 12.1 Å². The van der Waals surface area contributed by atoms with Crippen LogP contribution >= 0.6 is 11.6 Å². The average molecular weight is 184 g/mol. The maximum atomic E-state index is 10.3. The van der Waals surface area contributed by atoms with E-state index in [1.165, 1.54) is 0 Å². The fraction of sp³-hybridized carbons (Fsp3) is 0. The molecule has 0 aromatic heterocycles. The molecule has 62 valence electrons. The number of carbonyl (C=O) groups is 1. The van der Waals surface area contributed by atoms with E-state index in [0.29, 0.717) is 16.9 Å². The molecule has 1 aromatic rings. The van der Waals surface area contributed by atoms with Crippen LogP contribution in [0.2, 0.25) is 5.02 Å². The van der Waals surface area contributed by atoms with E-state index in [1.807, 2.05) is 0 Å². The van der Waals surface area contributed by atoms with Gasteiger partial charge >= 0.3 is 0 Å². The normalized spacial score (nSPS) is 11.2. The van der Waals surface area contributed by atoms with E-state index in [-0.39, 0.29) is 5.71 Å². The second-order valence-corrected chi connectivity index (χ2v) is 2.55. The van der Waals surface area contributed by atoms with Crippen LogP contribution in [0.15, 0.2) is 29.4 Å². The molecule has 0 aliphatic heterocycles. The Hall–Kier alpha value is -1.35. The number of oxime groups is 1. The third-order valence-corrected chi connectivity index (χ3v) is 1.61. The Balaban J connectivity index is 3.04. The Bertz CT molecular complexity index is 305. The summed E-state index contributed by atoms with van der Waals surface area (Å²) in [5, 5.41) is 11.8. The summed E-state index contributed by atoms with van der Waals surface area (Å²) in [6.45, 7) is 0. The van der Waals surface area contributed by atoms with Gasteiger partial charge in [-0.1, -0.05) is 28.9 Å². The van der Waals surface area contributed by atoms with E-state index in [4.69, 9.17) is 16.8 Å². The smallest absolute Gasteiger partial charge is 0.172 e. The molecule has 0 amide bonds. The van der Waals surface area contributed by atoms with Crippen molar-refractivity contribution < 1.29 is 10.0 Å². The van der Waals surface area contributed by atoms with Crippen molar-refractivity contribution in [2.24, 2.45) is 5.16 Å². The molecule has 0 heterocycles. The van der Waals surface area contributed by atoms with Crippen LogP contribution in [0, 0.1) is 0 Å². The van der Waals surface area contributed by atoms with Crippen molar-refractivity contribution in [2.45, 2.75) is 0 Å². The predicted octanol–water partition coefficient (Wildman–Crippen LogP) is 1.72.